The van der Waals surface area contributed by atoms with Crippen molar-refractivity contribution in [2.75, 3.05) is 53.0 Å². The standard InChI is InChI=1S/C23H38N4O.HI/c1-4-24-23(27-15-12-20(17-27)18-28-3)25-16-22(21-8-6-5-7-9-21)26-13-10-19(2)11-14-26;/h5-9,19-20,22H,4,10-18H2,1-3H3,(H,24,25);1H. The van der Waals surface area contributed by atoms with Crippen molar-refractivity contribution >= 4 is 29.9 Å². The summed E-state index contributed by atoms with van der Waals surface area (Å²) in [5.41, 5.74) is 1.38. The first-order valence-corrected chi connectivity index (χ1v) is 11.0. The van der Waals surface area contributed by atoms with E-state index >= 15 is 0 Å². The van der Waals surface area contributed by atoms with Crippen LogP contribution in [-0.4, -0.2) is 68.7 Å². The summed E-state index contributed by atoms with van der Waals surface area (Å²) in [7, 11) is 1.80. The largest absolute Gasteiger partial charge is 0.384 e. The number of likely N-dealkylation sites (tertiary alicyclic amines) is 2. The minimum absolute atomic E-state index is 0. The number of aliphatic imine (C=N–C) groups is 1. The van der Waals surface area contributed by atoms with E-state index in [-0.39, 0.29) is 24.0 Å². The molecule has 0 spiro atoms. The number of hydrogen-bond donors (Lipinski definition) is 1. The second kappa shape index (κ2) is 12.7. The molecule has 1 aromatic rings. The molecule has 2 fully saturated rings. The molecular weight excluding hydrogens is 475 g/mol. The van der Waals surface area contributed by atoms with Gasteiger partial charge >= 0.3 is 0 Å². The van der Waals surface area contributed by atoms with Gasteiger partial charge in [-0.1, -0.05) is 37.3 Å². The maximum Gasteiger partial charge on any atom is 0.193 e. The van der Waals surface area contributed by atoms with Gasteiger partial charge in [0, 0.05) is 32.7 Å². The van der Waals surface area contributed by atoms with Crippen molar-refractivity contribution < 1.29 is 4.74 Å². The Hall–Kier alpha value is -0.860. The lowest BCUT2D eigenvalue weighted by Crippen LogP contribution is -2.42. The van der Waals surface area contributed by atoms with Crippen molar-refractivity contribution in [2.45, 2.75) is 39.2 Å². The Labute approximate surface area is 194 Å². The van der Waals surface area contributed by atoms with Crippen LogP contribution in [0.25, 0.3) is 0 Å². The van der Waals surface area contributed by atoms with E-state index in [4.69, 9.17) is 9.73 Å². The molecule has 1 N–H and O–H groups in total. The van der Waals surface area contributed by atoms with Crippen LogP contribution >= 0.6 is 24.0 Å². The Balaban J connectivity index is 0.00000300. The van der Waals surface area contributed by atoms with Gasteiger partial charge < -0.3 is 15.0 Å². The average Bonchev–Trinajstić information content (AvgIpc) is 3.18. The SMILES string of the molecule is CCNC(=NCC(c1ccccc1)N1CCC(C)CC1)N1CCC(COC)C1.I. The second-order valence-corrected chi connectivity index (χ2v) is 8.40. The van der Waals surface area contributed by atoms with Crippen LogP contribution in [0.3, 0.4) is 0 Å². The lowest BCUT2D eigenvalue weighted by molar-refractivity contribution is 0.141. The maximum atomic E-state index is 5.36. The molecule has 3 rings (SSSR count). The Morgan fingerprint density at radius 2 is 1.90 bits per heavy atom. The molecule has 2 aliphatic rings. The van der Waals surface area contributed by atoms with Gasteiger partial charge in [-0.05, 0) is 50.8 Å². The van der Waals surface area contributed by atoms with E-state index in [1.54, 1.807) is 7.11 Å². The highest BCUT2D eigenvalue weighted by atomic mass is 127. The number of halogens is 1. The van der Waals surface area contributed by atoms with Crippen LogP contribution < -0.4 is 5.32 Å². The van der Waals surface area contributed by atoms with Gasteiger partial charge in [0.15, 0.2) is 5.96 Å². The van der Waals surface area contributed by atoms with Crippen LogP contribution in [0, 0.1) is 11.8 Å². The molecule has 2 heterocycles. The van der Waals surface area contributed by atoms with E-state index in [9.17, 15) is 0 Å². The molecule has 29 heavy (non-hydrogen) atoms. The lowest BCUT2D eigenvalue weighted by atomic mass is 9.96. The highest BCUT2D eigenvalue weighted by Gasteiger charge is 2.27. The fraction of sp³-hybridized carbons (Fsp3) is 0.696. The molecule has 164 valence electrons. The number of rotatable bonds is 7. The van der Waals surface area contributed by atoms with Crippen molar-refractivity contribution in [3.05, 3.63) is 35.9 Å². The molecule has 0 aliphatic carbocycles. The van der Waals surface area contributed by atoms with Gasteiger partial charge in [-0.2, -0.15) is 0 Å². The van der Waals surface area contributed by atoms with Gasteiger partial charge in [0.2, 0.25) is 0 Å². The van der Waals surface area contributed by atoms with Crippen LogP contribution in [0.1, 0.15) is 44.7 Å². The number of ether oxygens (including phenoxy) is 1. The summed E-state index contributed by atoms with van der Waals surface area (Å²) in [5, 5.41) is 3.52. The third-order valence-electron chi connectivity index (χ3n) is 6.18. The van der Waals surface area contributed by atoms with Crippen LogP contribution in [0.2, 0.25) is 0 Å². The molecule has 2 unspecified atom stereocenters. The Morgan fingerprint density at radius 1 is 1.17 bits per heavy atom. The first-order valence-electron chi connectivity index (χ1n) is 11.0. The topological polar surface area (TPSA) is 40.1 Å². The zero-order valence-corrected chi connectivity index (χ0v) is 20.7. The van der Waals surface area contributed by atoms with Crippen molar-refractivity contribution in [3.8, 4) is 0 Å². The molecule has 2 aliphatic heterocycles. The van der Waals surface area contributed by atoms with E-state index in [2.05, 4.69) is 59.3 Å². The zero-order chi connectivity index (χ0) is 19.8. The summed E-state index contributed by atoms with van der Waals surface area (Å²) in [6.07, 6.45) is 3.76. The number of nitrogens with one attached hydrogen (secondary N) is 1. The predicted molar refractivity (Wildman–Crippen MR) is 132 cm³/mol. The smallest absolute Gasteiger partial charge is 0.193 e. The number of methoxy groups -OCH3 is 1. The van der Waals surface area contributed by atoms with Crippen molar-refractivity contribution in [1.82, 2.24) is 15.1 Å². The van der Waals surface area contributed by atoms with E-state index in [0.29, 0.717) is 12.0 Å². The van der Waals surface area contributed by atoms with Gasteiger partial charge in [-0.3, -0.25) is 9.89 Å². The summed E-state index contributed by atoms with van der Waals surface area (Å²) in [6.45, 7) is 11.5. The minimum atomic E-state index is 0. The molecule has 0 radical (unpaired) electrons. The molecule has 2 atom stereocenters. The lowest BCUT2D eigenvalue weighted by Gasteiger charge is -2.36. The number of guanidine groups is 1. The number of piperidine rings is 1. The molecule has 0 amide bonds. The van der Waals surface area contributed by atoms with Crippen molar-refractivity contribution in [3.63, 3.8) is 0 Å². The molecule has 5 nitrogen and oxygen atoms in total. The maximum absolute atomic E-state index is 5.36. The molecule has 0 aromatic heterocycles. The Morgan fingerprint density at radius 3 is 2.55 bits per heavy atom. The first-order chi connectivity index (χ1) is 13.7. The second-order valence-electron chi connectivity index (χ2n) is 8.40. The van der Waals surface area contributed by atoms with E-state index in [0.717, 1.165) is 44.7 Å². The third kappa shape index (κ3) is 7.10. The highest BCUT2D eigenvalue weighted by molar-refractivity contribution is 14.0. The monoisotopic (exact) mass is 514 g/mol. The summed E-state index contributed by atoms with van der Waals surface area (Å²) in [4.78, 5) is 10.2. The van der Waals surface area contributed by atoms with Crippen LogP contribution in [0.4, 0.5) is 0 Å². The van der Waals surface area contributed by atoms with Crippen LogP contribution in [0.15, 0.2) is 35.3 Å². The molecule has 6 heteroatoms. The fourth-order valence-electron chi connectivity index (χ4n) is 4.44. The van der Waals surface area contributed by atoms with Crippen LogP contribution in [-0.2, 0) is 4.74 Å². The molecular formula is C23H39IN4O. The van der Waals surface area contributed by atoms with Gasteiger partial charge in [-0.15, -0.1) is 24.0 Å². The predicted octanol–water partition coefficient (Wildman–Crippen LogP) is 4.01. The molecule has 1 aromatic carbocycles. The van der Waals surface area contributed by atoms with Crippen LogP contribution in [0.5, 0.6) is 0 Å². The van der Waals surface area contributed by atoms with Gasteiger partial charge in [0.05, 0.1) is 19.2 Å². The quantitative estimate of drug-likeness (QED) is 0.339. The van der Waals surface area contributed by atoms with E-state index < -0.39 is 0 Å². The zero-order valence-electron chi connectivity index (χ0n) is 18.3. The summed E-state index contributed by atoms with van der Waals surface area (Å²) < 4.78 is 5.36. The van der Waals surface area contributed by atoms with Gasteiger partial charge in [0.1, 0.15) is 0 Å². The van der Waals surface area contributed by atoms with E-state index in [1.807, 2.05) is 0 Å². The summed E-state index contributed by atoms with van der Waals surface area (Å²) >= 11 is 0. The van der Waals surface area contributed by atoms with Gasteiger partial charge in [-0.25, -0.2) is 0 Å². The fourth-order valence-corrected chi connectivity index (χ4v) is 4.44. The molecule has 2 saturated heterocycles. The number of hydrogen-bond acceptors (Lipinski definition) is 3. The summed E-state index contributed by atoms with van der Waals surface area (Å²) in [6, 6.07) is 11.3. The van der Waals surface area contributed by atoms with Crippen molar-refractivity contribution in [1.29, 1.82) is 0 Å². The molecule has 0 saturated carbocycles. The number of nitrogens with zero attached hydrogens (tertiary/aromatic N) is 3. The highest BCUT2D eigenvalue weighted by Crippen LogP contribution is 2.27. The summed E-state index contributed by atoms with van der Waals surface area (Å²) in [5.74, 6) is 2.52. The molecule has 0 bridgehead atoms. The van der Waals surface area contributed by atoms with Gasteiger partial charge in [0.25, 0.3) is 0 Å². The normalized spacial score (nSPS) is 22.4. The Bertz CT molecular complexity index is 604. The Kier molecular flexibility index (Phi) is 10.7. The van der Waals surface area contributed by atoms with E-state index in [1.165, 1.54) is 37.9 Å². The van der Waals surface area contributed by atoms with Crippen molar-refractivity contribution in [2.24, 2.45) is 16.8 Å². The average molecular weight is 514 g/mol. The number of benzene rings is 1. The third-order valence-corrected chi connectivity index (χ3v) is 6.18. The first kappa shape index (κ1) is 24.4. The minimum Gasteiger partial charge on any atom is -0.384 e.